The molecule has 5 rings (SSSR count). The summed E-state index contributed by atoms with van der Waals surface area (Å²) in [6, 6.07) is 18.1. The zero-order valence-corrected chi connectivity index (χ0v) is 23.0. The molecular weight excluding hydrogens is 465 g/mol. The quantitative estimate of drug-likeness (QED) is 0.515. The molecule has 1 unspecified atom stereocenters. The van der Waals surface area contributed by atoms with Gasteiger partial charge in [0.25, 0.3) is 0 Å². The molecule has 0 spiro atoms. The molecule has 198 valence electrons. The van der Waals surface area contributed by atoms with Crippen LogP contribution in [0.2, 0.25) is 0 Å². The van der Waals surface area contributed by atoms with E-state index >= 15 is 0 Å². The molecule has 2 saturated heterocycles. The number of benzene rings is 2. The van der Waals surface area contributed by atoms with Crippen LogP contribution in [0.5, 0.6) is 0 Å². The van der Waals surface area contributed by atoms with Crippen molar-refractivity contribution >= 4 is 18.7 Å². The Hall–Kier alpha value is -2.35. The number of ether oxygens (including phenoxy) is 1. The second kappa shape index (κ2) is 9.14. The van der Waals surface area contributed by atoms with Gasteiger partial charge in [-0.25, -0.2) is 4.79 Å². The second-order valence-corrected chi connectivity index (χ2v) is 12.7. The number of aliphatic hydroxyl groups is 1. The Morgan fingerprint density at radius 3 is 2.11 bits per heavy atom. The van der Waals surface area contributed by atoms with Gasteiger partial charge < -0.3 is 24.1 Å². The van der Waals surface area contributed by atoms with E-state index in [1.54, 1.807) is 13.8 Å². The fourth-order valence-corrected chi connectivity index (χ4v) is 5.74. The van der Waals surface area contributed by atoms with Crippen molar-refractivity contribution in [1.82, 2.24) is 4.90 Å². The van der Waals surface area contributed by atoms with Crippen LogP contribution in [0.4, 0.5) is 4.79 Å². The predicted octanol–water partition coefficient (Wildman–Crippen LogP) is 5.34. The maximum Gasteiger partial charge on any atom is 0.494 e. The summed E-state index contributed by atoms with van der Waals surface area (Å²) in [4.78, 5) is 15.5. The van der Waals surface area contributed by atoms with Crippen LogP contribution in [0.3, 0.4) is 0 Å². The van der Waals surface area contributed by atoms with E-state index in [0.29, 0.717) is 25.3 Å². The van der Waals surface area contributed by atoms with Gasteiger partial charge in [-0.3, -0.25) is 0 Å². The van der Waals surface area contributed by atoms with E-state index in [9.17, 15) is 9.90 Å². The van der Waals surface area contributed by atoms with Gasteiger partial charge in [-0.05, 0) is 76.9 Å². The molecule has 37 heavy (non-hydrogen) atoms. The fraction of sp³-hybridized carbons (Fsp3) is 0.567. The van der Waals surface area contributed by atoms with Gasteiger partial charge >= 0.3 is 13.2 Å². The van der Waals surface area contributed by atoms with Crippen LogP contribution in [0.25, 0.3) is 0 Å². The lowest BCUT2D eigenvalue weighted by Crippen LogP contribution is -2.51. The summed E-state index contributed by atoms with van der Waals surface area (Å²) < 4.78 is 18.7. The van der Waals surface area contributed by atoms with E-state index in [2.05, 4.69) is 52.0 Å². The Morgan fingerprint density at radius 1 is 1.00 bits per heavy atom. The van der Waals surface area contributed by atoms with Crippen LogP contribution >= 0.6 is 0 Å². The average molecular weight is 505 g/mol. The van der Waals surface area contributed by atoms with E-state index < -0.39 is 29.5 Å². The molecule has 0 aromatic heterocycles. The molecule has 2 heterocycles. The molecule has 0 bridgehead atoms. The maximum absolute atomic E-state index is 13.6. The first-order chi connectivity index (χ1) is 17.3. The predicted molar refractivity (Wildman–Crippen MR) is 144 cm³/mol. The SMILES string of the molecule is CC(C)(O)CC1(c2ccccc2)CCN([C@H](c2ccc(B3OC(C)(C)C(C)(C)O3)cc2)C2CC2)C(=O)O1. The smallest absolute Gasteiger partial charge is 0.438 e. The van der Waals surface area contributed by atoms with Gasteiger partial charge in [-0.2, -0.15) is 0 Å². The Morgan fingerprint density at radius 2 is 1.59 bits per heavy atom. The van der Waals surface area contributed by atoms with Crippen molar-refractivity contribution in [3.05, 3.63) is 65.7 Å². The lowest BCUT2D eigenvalue weighted by atomic mass is 9.78. The Balaban J connectivity index is 1.37. The third-order valence-corrected chi connectivity index (χ3v) is 8.50. The highest BCUT2D eigenvalue weighted by Crippen LogP contribution is 2.48. The summed E-state index contributed by atoms with van der Waals surface area (Å²) in [7, 11) is -0.410. The van der Waals surface area contributed by atoms with Gasteiger partial charge in [0.15, 0.2) is 0 Å². The van der Waals surface area contributed by atoms with Crippen molar-refractivity contribution in [2.45, 2.75) is 95.7 Å². The first-order valence-electron chi connectivity index (χ1n) is 13.5. The normalized spacial score (nSPS) is 26.2. The monoisotopic (exact) mass is 505 g/mol. The zero-order chi connectivity index (χ0) is 26.6. The number of rotatable bonds is 7. The lowest BCUT2D eigenvalue weighted by Gasteiger charge is -2.46. The summed E-state index contributed by atoms with van der Waals surface area (Å²) >= 11 is 0. The summed E-state index contributed by atoms with van der Waals surface area (Å²) in [6.07, 6.45) is 2.86. The van der Waals surface area contributed by atoms with Gasteiger partial charge in [-0.1, -0.05) is 54.6 Å². The Labute approximate surface area is 221 Å². The molecule has 3 fully saturated rings. The molecule has 1 saturated carbocycles. The van der Waals surface area contributed by atoms with Crippen LogP contribution in [-0.2, 0) is 19.6 Å². The van der Waals surface area contributed by atoms with Crippen molar-refractivity contribution in [1.29, 1.82) is 0 Å². The zero-order valence-electron chi connectivity index (χ0n) is 23.0. The molecule has 2 aromatic carbocycles. The number of carbonyl (C=O) groups excluding carboxylic acids is 1. The molecule has 3 aliphatic rings. The molecule has 2 atom stereocenters. The first-order valence-corrected chi connectivity index (χ1v) is 13.5. The lowest BCUT2D eigenvalue weighted by molar-refractivity contribution is -0.103. The number of cyclic esters (lactones) is 1. The maximum atomic E-state index is 13.6. The van der Waals surface area contributed by atoms with Crippen molar-refractivity contribution in [3.8, 4) is 0 Å². The molecule has 1 amide bonds. The number of hydrogen-bond donors (Lipinski definition) is 1. The van der Waals surface area contributed by atoms with Crippen molar-refractivity contribution in [2.24, 2.45) is 5.92 Å². The third-order valence-electron chi connectivity index (χ3n) is 8.50. The minimum atomic E-state index is -0.975. The summed E-state index contributed by atoms with van der Waals surface area (Å²) in [5, 5.41) is 10.7. The Bertz CT molecular complexity index is 1110. The highest BCUT2D eigenvalue weighted by atomic mass is 16.7. The van der Waals surface area contributed by atoms with Crippen LogP contribution in [-0.4, -0.2) is 46.6 Å². The molecule has 7 heteroatoms. The molecule has 6 nitrogen and oxygen atoms in total. The molecule has 2 aliphatic heterocycles. The molecular formula is C30H40BNO5. The second-order valence-electron chi connectivity index (χ2n) is 12.7. The van der Waals surface area contributed by atoms with Crippen LogP contribution in [0.1, 0.15) is 84.4 Å². The third kappa shape index (κ3) is 5.18. The van der Waals surface area contributed by atoms with Crippen LogP contribution in [0.15, 0.2) is 54.6 Å². The minimum Gasteiger partial charge on any atom is -0.438 e. The summed E-state index contributed by atoms with van der Waals surface area (Å²) in [6.45, 7) is 12.3. The van der Waals surface area contributed by atoms with Crippen molar-refractivity contribution < 1.29 is 23.9 Å². The number of amides is 1. The average Bonchev–Trinajstić information content (AvgIpc) is 3.62. The van der Waals surface area contributed by atoms with Gasteiger partial charge in [-0.15, -0.1) is 0 Å². The number of carbonyl (C=O) groups is 1. The minimum absolute atomic E-state index is 0.0317. The summed E-state index contributed by atoms with van der Waals surface area (Å²) in [5.41, 5.74) is 0.414. The van der Waals surface area contributed by atoms with E-state index in [1.807, 2.05) is 35.2 Å². The van der Waals surface area contributed by atoms with E-state index in [-0.39, 0.29) is 12.1 Å². The molecule has 0 radical (unpaired) electrons. The molecule has 2 aromatic rings. The molecule has 1 N–H and O–H groups in total. The Kier molecular flexibility index (Phi) is 6.49. The summed E-state index contributed by atoms with van der Waals surface area (Å²) in [5.74, 6) is 0.425. The fourth-order valence-electron chi connectivity index (χ4n) is 5.74. The van der Waals surface area contributed by atoms with Crippen LogP contribution < -0.4 is 5.46 Å². The van der Waals surface area contributed by atoms with E-state index in [0.717, 1.165) is 29.4 Å². The van der Waals surface area contributed by atoms with Crippen molar-refractivity contribution in [3.63, 3.8) is 0 Å². The molecule has 1 aliphatic carbocycles. The van der Waals surface area contributed by atoms with Gasteiger partial charge in [0.2, 0.25) is 0 Å². The van der Waals surface area contributed by atoms with E-state index in [1.165, 1.54) is 0 Å². The highest BCUT2D eigenvalue weighted by molar-refractivity contribution is 6.62. The van der Waals surface area contributed by atoms with Gasteiger partial charge in [0, 0.05) is 19.4 Å². The number of hydrogen-bond acceptors (Lipinski definition) is 5. The topological polar surface area (TPSA) is 68.2 Å². The van der Waals surface area contributed by atoms with Crippen molar-refractivity contribution in [2.75, 3.05) is 6.54 Å². The van der Waals surface area contributed by atoms with Crippen LogP contribution in [0, 0.1) is 5.92 Å². The number of nitrogens with zero attached hydrogens (tertiary/aromatic N) is 1. The first kappa shape index (κ1) is 26.3. The largest absolute Gasteiger partial charge is 0.494 e. The standard InChI is InChI=1S/C30H40BNO5/c1-27(2,34)20-30(23-10-8-7-9-11-23)18-19-32(26(33)35-30)25(21-12-13-21)22-14-16-24(17-15-22)31-36-28(3,4)29(5,6)37-31/h7-11,14-17,21,25,34H,12-13,18-20H2,1-6H3/t25-,30?/m0/s1. The van der Waals surface area contributed by atoms with Gasteiger partial charge in [0.1, 0.15) is 5.60 Å². The van der Waals surface area contributed by atoms with E-state index in [4.69, 9.17) is 14.0 Å². The van der Waals surface area contributed by atoms with Gasteiger partial charge in [0.05, 0.1) is 22.8 Å². The highest BCUT2D eigenvalue weighted by Gasteiger charge is 2.52.